The van der Waals surface area contributed by atoms with Gasteiger partial charge < -0.3 is 19.6 Å². The molecule has 0 radical (unpaired) electrons. The number of benzene rings is 1. The van der Waals surface area contributed by atoms with Crippen LogP contribution >= 0.6 is 15.9 Å². The molecule has 106 valence electrons. The molecule has 1 aromatic carbocycles. The van der Waals surface area contributed by atoms with E-state index in [0.717, 1.165) is 5.56 Å². The van der Waals surface area contributed by atoms with E-state index in [9.17, 15) is 10.1 Å². The Labute approximate surface area is 123 Å². The number of halogens is 1. The summed E-state index contributed by atoms with van der Waals surface area (Å²) in [6, 6.07) is 5.43. The van der Waals surface area contributed by atoms with Crippen molar-refractivity contribution >= 4 is 21.7 Å². The highest BCUT2D eigenvalue weighted by atomic mass is 79.9. The zero-order valence-corrected chi connectivity index (χ0v) is 12.5. The fraction of sp³-hybridized carbons (Fsp3) is 0.250. The minimum atomic E-state index is -0.533. The third-order valence-electron chi connectivity index (χ3n) is 2.66. The molecule has 20 heavy (non-hydrogen) atoms. The SMILES string of the molecule is COc1ccc(Cn2cc(Br)c([N+](=O)[O-])n2)cc1OC. The van der Waals surface area contributed by atoms with Gasteiger partial charge in [0.1, 0.15) is 4.47 Å². The number of ether oxygens (including phenoxy) is 2. The lowest BCUT2D eigenvalue weighted by Gasteiger charge is -2.08. The molecule has 0 unspecified atom stereocenters. The van der Waals surface area contributed by atoms with Crippen LogP contribution in [0.4, 0.5) is 5.82 Å². The molecule has 7 nitrogen and oxygen atoms in total. The predicted molar refractivity (Wildman–Crippen MR) is 75.2 cm³/mol. The zero-order chi connectivity index (χ0) is 14.7. The molecule has 0 aliphatic heterocycles. The summed E-state index contributed by atoms with van der Waals surface area (Å²) < 4.78 is 12.2. The van der Waals surface area contributed by atoms with Gasteiger partial charge in [0.2, 0.25) is 0 Å². The van der Waals surface area contributed by atoms with Gasteiger partial charge in [-0.15, -0.1) is 0 Å². The van der Waals surface area contributed by atoms with Crippen LogP contribution in [0.2, 0.25) is 0 Å². The second-order valence-corrected chi connectivity index (χ2v) is 4.80. The highest BCUT2D eigenvalue weighted by molar-refractivity contribution is 9.10. The third kappa shape index (κ3) is 2.90. The molecular formula is C12H12BrN3O4. The van der Waals surface area contributed by atoms with Crippen LogP contribution < -0.4 is 9.47 Å². The molecule has 2 rings (SSSR count). The average Bonchev–Trinajstić information content (AvgIpc) is 2.79. The van der Waals surface area contributed by atoms with Crippen LogP contribution in [-0.4, -0.2) is 28.9 Å². The number of methoxy groups -OCH3 is 2. The van der Waals surface area contributed by atoms with E-state index in [4.69, 9.17) is 9.47 Å². The molecule has 2 aromatic rings. The maximum absolute atomic E-state index is 10.7. The Bertz CT molecular complexity index is 642. The summed E-state index contributed by atoms with van der Waals surface area (Å²) in [7, 11) is 3.11. The zero-order valence-electron chi connectivity index (χ0n) is 10.9. The van der Waals surface area contributed by atoms with Gasteiger partial charge >= 0.3 is 5.82 Å². The molecule has 0 saturated heterocycles. The van der Waals surface area contributed by atoms with Crippen LogP contribution in [0, 0.1) is 10.1 Å². The molecule has 0 atom stereocenters. The van der Waals surface area contributed by atoms with Gasteiger partial charge in [-0.25, -0.2) is 0 Å². The Kier molecular flexibility index (Phi) is 4.23. The summed E-state index contributed by atoms with van der Waals surface area (Å²) in [5, 5.41) is 14.6. The summed E-state index contributed by atoms with van der Waals surface area (Å²) >= 11 is 3.11. The normalized spacial score (nSPS) is 10.3. The highest BCUT2D eigenvalue weighted by Crippen LogP contribution is 2.28. The topological polar surface area (TPSA) is 79.4 Å². The molecular weight excluding hydrogens is 330 g/mol. The summed E-state index contributed by atoms with van der Waals surface area (Å²) in [5.41, 5.74) is 0.896. The van der Waals surface area contributed by atoms with Crippen molar-refractivity contribution in [1.82, 2.24) is 9.78 Å². The summed E-state index contributed by atoms with van der Waals surface area (Å²) in [5.74, 6) is 1.03. The molecule has 1 heterocycles. The van der Waals surface area contributed by atoms with Crippen molar-refractivity contribution < 1.29 is 14.4 Å². The molecule has 0 amide bonds. The third-order valence-corrected chi connectivity index (χ3v) is 3.22. The van der Waals surface area contributed by atoms with E-state index >= 15 is 0 Å². The molecule has 8 heteroatoms. The van der Waals surface area contributed by atoms with E-state index in [1.54, 1.807) is 32.5 Å². The fourth-order valence-electron chi connectivity index (χ4n) is 1.76. The van der Waals surface area contributed by atoms with Crippen molar-refractivity contribution in [3.8, 4) is 11.5 Å². The van der Waals surface area contributed by atoms with Crippen molar-refractivity contribution in [3.05, 3.63) is 44.5 Å². The van der Waals surface area contributed by atoms with E-state index in [2.05, 4.69) is 21.0 Å². The first-order chi connectivity index (χ1) is 9.55. The first kappa shape index (κ1) is 14.3. The molecule has 1 aromatic heterocycles. The van der Waals surface area contributed by atoms with Crippen LogP contribution in [0.15, 0.2) is 28.9 Å². The van der Waals surface area contributed by atoms with E-state index < -0.39 is 4.92 Å². The lowest BCUT2D eigenvalue weighted by Crippen LogP contribution is -2.02. The Morgan fingerprint density at radius 1 is 1.35 bits per heavy atom. The van der Waals surface area contributed by atoms with E-state index in [0.29, 0.717) is 22.5 Å². The van der Waals surface area contributed by atoms with Crippen LogP contribution in [0.1, 0.15) is 5.56 Å². The Balaban J connectivity index is 2.26. The highest BCUT2D eigenvalue weighted by Gasteiger charge is 2.18. The van der Waals surface area contributed by atoms with Gasteiger partial charge in [0, 0.05) is 0 Å². The van der Waals surface area contributed by atoms with Crippen molar-refractivity contribution in [2.45, 2.75) is 6.54 Å². The van der Waals surface area contributed by atoms with Gasteiger partial charge in [0.15, 0.2) is 11.5 Å². The van der Waals surface area contributed by atoms with Gasteiger partial charge in [0.05, 0.1) is 32.1 Å². The molecule has 0 bridgehead atoms. The van der Waals surface area contributed by atoms with Gasteiger partial charge in [-0.1, -0.05) is 6.07 Å². The molecule has 0 saturated carbocycles. The smallest absolute Gasteiger partial charge is 0.404 e. The van der Waals surface area contributed by atoms with Gasteiger partial charge in [0.25, 0.3) is 0 Å². The number of nitro groups is 1. The maximum Gasteiger partial charge on any atom is 0.404 e. The second kappa shape index (κ2) is 5.91. The molecule has 0 fully saturated rings. The number of aromatic nitrogens is 2. The minimum Gasteiger partial charge on any atom is -0.493 e. The number of nitrogens with zero attached hydrogens (tertiary/aromatic N) is 3. The molecule has 0 aliphatic carbocycles. The van der Waals surface area contributed by atoms with Crippen molar-refractivity contribution in [3.63, 3.8) is 0 Å². The maximum atomic E-state index is 10.7. The largest absolute Gasteiger partial charge is 0.493 e. The van der Waals surface area contributed by atoms with E-state index in [1.807, 2.05) is 6.07 Å². The Morgan fingerprint density at radius 3 is 2.60 bits per heavy atom. The van der Waals surface area contributed by atoms with Gasteiger partial charge in [-0.3, -0.25) is 0 Å². The number of hydrogen-bond acceptors (Lipinski definition) is 5. The number of hydrogen-bond donors (Lipinski definition) is 0. The molecule has 0 N–H and O–H groups in total. The Hall–Kier alpha value is -2.09. The summed E-state index contributed by atoms with van der Waals surface area (Å²) in [6.45, 7) is 0.396. The molecule has 0 spiro atoms. The first-order valence-electron chi connectivity index (χ1n) is 5.63. The quantitative estimate of drug-likeness (QED) is 0.616. The average molecular weight is 342 g/mol. The summed E-state index contributed by atoms with van der Waals surface area (Å²) in [6.07, 6.45) is 1.56. The minimum absolute atomic E-state index is 0.203. The molecule has 0 aliphatic rings. The number of rotatable bonds is 5. The van der Waals surface area contributed by atoms with Crippen LogP contribution in [0.3, 0.4) is 0 Å². The van der Waals surface area contributed by atoms with Gasteiger partial charge in [-0.05, 0) is 38.5 Å². The first-order valence-corrected chi connectivity index (χ1v) is 6.42. The second-order valence-electron chi connectivity index (χ2n) is 3.94. The van der Waals surface area contributed by atoms with Crippen LogP contribution in [-0.2, 0) is 6.54 Å². The van der Waals surface area contributed by atoms with Gasteiger partial charge in [-0.2, -0.15) is 4.68 Å². The monoisotopic (exact) mass is 341 g/mol. The lowest BCUT2D eigenvalue weighted by atomic mass is 10.2. The Morgan fingerprint density at radius 2 is 2.05 bits per heavy atom. The van der Waals surface area contributed by atoms with Crippen LogP contribution in [0.25, 0.3) is 0 Å². The van der Waals surface area contributed by atoms with Crippen molar-refractivity contribution in [1.29, 1.82) is 0 Å². The lowest BCUT2D eigenvalue weighted by molar-refractivity contribution is -0.390. The van der Waals surface area contributed by atoms with Crippen LogP contribution in [0.5, 0.6) is 11.5 Å². The predicted octanol–water partition coefficient (Wildman–Crippen LogP) is 2.62. The van der Waals surface area contributed by atoms with Crippen molar-refractivity contribution in [2.75, 3.05) is 14.2 Å². The van der Waals surface area contributed by atoms with E-state index in [1.165, 1.54) is 4.68 Å². The van der Waals surface area contributed by atoms with Crippen molar-refractivity contribution in [2.24, 2.45) is 0 Å². The standard InChI is InChI=1S/C12H12BrN3O4/c1-19-10-4-3-8(5-11(10)20-2)6-15-7-9(13)12(14-15)16(17)18/h3-5,7H,6H2,1-2H3. The fourth-order valence-corrected chi connectivity index (χ4v) is 2.22. The van der Waals surface area contributed by atoms with E-state index in [-0.39, 0.29) is 5.82 Å². The summed E-state index contributed by atoms with van der Waals surface area (Å²) in [4.78, 5) is 10.2.